The molecule has 0 aliphatic heterocycles. The van der Waals surface area contributed by atoms with E-state index in [0.717, 1.165) is 5.56 Å². The maximum atomic E-state index is 11.2. The minimum Gasteiger partial charge on any atom is -0.477 e. The van der Waals surface area contributed by atoms with Gasteiger partial charge < -0.3 is 9.84 Å². The van der Waals surface area contributed by atoms with Gasteiger partial charge in [0.1, 0.15) is 11.3 Å². The van der Waals surface area contributed by atoms with Crippen LogP contribution < -0.4 is 4.74 Å². The summed E-state index contributed by atoms with van der Waals surface area (Å²) < 4.78 is 5.59. The van der Waals surface area contributed by atoms with Gasteiger partial charge in [0.15, 0.2) is 0 Å². The molecular weight excluding hydrogens is 266 g/mol. The molecule has 1 aromatic heterocycles. The topological polar surface area (TPSA) is 59.4 Å². The Morgan fingerprint density at radius 1 is 1.26 bits per heavy atom. The van der Waals surface area contributed by atoms with Crippen molar-refractivity contribution in [2.24, 2.45) is 0 Å². The molecule has 0 atom stereocenters. The molecule has 0 unspecified atom stereocenters. The molecule has 1 N–H and O–H groups in total. The first-order valence-corrected chi connectivity index (χ1v) is 5.99. The molecule has 2 rings (SSSR count). The van der Waals surface area contributed by atoms with Gasteiger partial charge in [-0.25, -0.2) is 9.78 Å². The standard InChI is InChI=1S/C14H12ClNO3/c1-8-3-4-10(15)7-11(8)19-13-12(14(17)18)9(2)5-6-16-13/h3-7H,1-2H3,(H,17,18). The summed E-state index contributed by atoms with van der Waals surface area (Å²) in [5.74, 6) is -0.508. The molecule has 19 heavy (non-hydrogen) atoms. The van der Waals surface area contributed by atoms with Gasteiger partial charge in [0.25, 0.3) is 0 Å². The van der Waals surface area contributed by atoms with E-state index in [1.165, 1.54) is 6.20 Å². The fraction of sp³-hybridized carbons (Fsp3) is 0.143. The smallest absolute Gasteiger partial charge is 0.341 e. The number of aromatic carboxylic acids is 1. The number of pyridine rings is 1. The molecule has 0 aliphatic carbocycles. The molecular formula is C14H12ClNO3. The van der Waals surface area contributed by atoms with Crippen molar-refractivity contribution < 1.29 is 14.6 Å². The molecule has 5 heteroatoms. The Morgan fingerprint density at radius 3 is 2.68 bits per heavy atom. The van der Waals surface area contributed by atoms with Crippen LogP contribution in [-0.2, 0) is 0 Å². The van der Waals surface area contributed by atoms with Gasteiger partial charge >= 0.3 is 5.97 Å². The number of carboxylic acid groups (broad SMARTS) is 1. The van der Waals surface area contributed by atoms with Crippen molar-refractivity contribution in [1.29, 1.82) is 0 Å². The average molecular weight is 278 g/mol. The van der Waals surface area contributed by atoms with Crippen LogP contribution >= 0.6 is 11.6 Å². The third-order valence-corrected chi connectivity index (χ3v) is 2.93. The number of ether oxygens (including phenoxy) is 1. The summed E-state index contributed by atoms with van der Waals surface area (Å²) in [7, 11) is 0. The lowest BCUT2D eigenvalue weighted by molar-refractivity contribution is 0.0692. The van der Waals surface area contributed by atoms with Crippen LogP contribution in [0, 0.1) is 13.8 Å². The number of carbonyl (C=O) groups is 1. The fourth-order valence-corrected chi connectivity index (χ4v) is 1.82. The molecule has 0 bridgehead atoms. The molecule has 2 aromatic rings. The summed E-state index contributed by atoms with van der Waals surface area (Å²) in [6.45, 7) is 3.55. The Bertz CT molecular complexity index is 641. The molecule has 98 valence electrons. The summed E-state index contributed by atoms with van der Waals surface area (Å²) in [5.41, 5.74) is 1.50. The monoisotopic (exact) mass is 277 g/mol. The molecule has 4 nitrogen and oxygen atoms in total. The molecule has 0 fully saturated rings. The van der Waals surface area contributed by atoms with Crippen molar-refractivity contribution in [2.45, 2.75) is 13.8 Å². The second-order valence-corrected chi connectivity index (χ2v) is 4.56. The highest BCUT2D eigenvalue weighted by Crippen LogP contribution is 2.29. The van der Waals surface area contributed by atoms with E-state index in [0.29, 0.717) is 16.3 Å². The maximum absolute atomic E-state index is 11.2. The summed E-state index contributed by atoms with van der Waals surface area (Å²) in [6, 6.07) is 6.80. The summed E-state index contributed by atoms with van der Waals surface area (Å²) >= 11 is 5.90. The van der Waals surface area contributed by atoms with Gasteiger partial charge in [-0.05, 0) is 43.2 Å². The van der Waals surface area contributed by atoms with Crippen molar-refractivity contribution in [1.82, 2.24) is 4.98 Å². The van der Waals surface area contributed by atoms with Crippen molar-refractivity contribution in [3.8, 4) is 11.6 Å². The predicted molar refractivity (Wildman–Crippen MR) is 72.2 cm³/mol. The van der Waals surface area contributed by atoms with Crippen molar-refractivity contribution in [3.05, 3.63) is 52.2 Å². The number of halogens is 1. The second kappa shape index (κ2) is 5.28. The van der Waals surface area contributed by atoms with E-state index in [-0.39, 0.29) is 11.4 Å². The fourth-order valence-electron chi connectivity index (χ4n) is 1.66. The van der Waals surface area contributed by atoms with Crippen molar-refractivity contribution in [2.75, 3.05) is 0 Å². The lowest BCUT2D eigenvalue weighted by Gasteiger charge is -2.11. The van der Waals surface area contributed by atoms with E-state index >= 15 is 0 Å². The number of hydrogen-bond acceptors (Lipinski definition) is 3. The largest absolute Gasteiger partial charge is 0.477 e. The zero-order chi connectivity index (χ0) is 14.0. The van der Waals surface area contributed by atoms with Crippen molar-refractivity contribution >= 4 is 17.6 Å². The molecule has 0 aliphatic rings. The van der Waals surface area contributed by atoms with Crippen LogP contribution in [0.15, 0.2) is 30.5 Å². The highest BCUT2D eigenvalue weighted by Gasteiger charge is 2.17. The van der Waals surface area contributed by atoms with E-state index in [1.54, 1.807) is 31.2 Å². The SMILES string of the molecule is Cc1ccc(Cl)cc1Oc1nccc(C)c1C(=O)O. The average Bonchev–Trinajstić information content (AvgIpc) is 2.33. The van der Waals surface area contributed by atoms with Crippen LogP contribution in [0.2, 0.25) is 5.02 Å². The molecule has 1 heterocycles. The lowest BCUT2D eigenvalue weighted by atomic mass is 10.1. The number of benzene rings is 1. The Balaban J connectivity index is 2.46. The molecule has 0 spiro atoms. The third-order valence-electron chi connectivity index (χ3n) is 2.70. The molecule has 0 amide bonds. The number of aryl methyl sites for hydroxylation is 2. The van der Waals surface area contributed by atoms with E-state index in [1.807, 2.05) is 6.92 Å². The van der Waals surface area contributed by atoms with Gasteiger partial charge in [0.05, 0.1) is 0 Å². The quantitative estimate of drug-likeness (QED) is 0.926. The number of aromatic nitrogens is 1. The normalized spacial score (nSPS) is 10.3. The first-order valence-electron chi connectivity index (χ1n) is 5.62. The van der Waals surface area contributed by atoms with E-state index < -0.39 is 5.97 Å². The van der Waals surface area contributed by atoms with Crippen LogP contribution in [-0.4, -0.2) is 16.1 Å². The predicted octanol–water partition coefficient (Wildman–Crippen LogP) is 3.84. The summed E-state index contributed by atoms with van der Waals surface area (Å²) in [5, 5.41) is 9.72. The Morgan fingerprint density at radius 2 is 2.00 bits per heavy atom. The summed E-state index contributed by atoms with van der Waals surface area (Å²) in [4.78, 5) is 15.2. The van der Waals surface area contributed by atoms with Crippen LogP contribution in [0.1, 0.15) is 21.5 Å². The molecule has 0 saturated carbocycles. The first kappa shape index (κ1) is 13.4. The first-order chi connectivity index (χ1) is 8.99. The van der Waals surface area contributed by atoms with E-state index in [2.05, 4.69) is 4.98 Å². The Labute approximate surface area is 115 Å². The van der Waals surface area contributed by atoms with Gasteiger partial charge in [-0.2, -0.15) is 0 Å². The number of nitrogens with zero attached hydrogens (tertiary/aromatic N) is 1. The Kier molecular flexibility index (Phi) is 3.71. The van der Waals surface area contributed by atoms with Crippen LogP contribution in [0.4, 0.5) is 0 Å². The number of hydrogen-bond donors (Lipinski definition) is 1. The Hall–Kier alpha value is -2.07. The molecule has 0 radical (unpaired) electrons. The highest BCUT2D eigenvalue weighted by atomic mass is 35.5. The lowest BCUT2D eigenvalue weighted by Crippen LogP contribution is -2.05. The van der Waals surface area contributed by atoms with E-state index in [9.17, 15) is 9.90 Å². The van der Waals surface area contributed by atoms with Gasteiger partial charge in [0.2, 0.25) is 5.88 Å². The third kappa shape index (κ3) is 2.85. The highest BCUT2D eigenvalue weighted by molar-refractivity contribution is 6.30. The zero-order valence-corrected chi connectivity index (χ0v) is 11.2. The van der Waals surface area contributed by atoms with Gasteiger partial charge in [-0.3, -0.25) is 0 Å². The van der Waals surface area contributed by atoms with Crippen molar-refractivity contribution in [3.63, 3.8) is 0 Å². The molecule has 1 aromatic carbocycles. The van der Waals surface area contributed by atoms with Gasteiger partial charge in [-0.1, -0.05) is 17.7 Å². The summed E-state index contributed by atoms with van der Waals surface area (Å²) in [6.07, 6.45) is 1.51. The minimum atomic E-state index is -1.07. The maximum Gasteiger partial charge on any atom is 0.341 e. The van der Waals surface area contributed by atoms with E-state index in [4.69, 9.17) is 16.3 Å². The van der Waals surface area contributed by atoms with Crippen LogP contribution in [0.25, 0.3) is 0 Å². The zero-order valence-electron chi connectivity index (χ0n) is 10.5. The number of rotatable bonds is 3. The second-order valence-electron chi connectivity index (χ2n) is 4.13. The minimum absolute atomic E-state index is 0.0573. The van der Waals surface area contributed by atoms with Crippen LogP contribution in [0.5, 0.6) is 11.6 Å². The van der Waals surface area contributed by atoms with Crippen LogP contribution in [0.3, 0.4) is 0 Å². The number of carboxylic acids is 1. The van der Waals surface area contributed by atoms with Gasteiger partial charge in [-0.15, -0.1) is 0 Å². The molecule has 0 saturated heterocycles. The van der Waals surface area contributed by atoms with Gasteiger partial charge in [0, 0.05) is 11.2 Å².